The average molecular weight is 312 g/mol. The van der Waals surface area contributed by atoms with Gasteiger partial charge in [0.1, 0.15) is 5.75 Å². The van der Waals surface area contributed by atoms with Gasteiger partial charge in [0.05, 0.1) is 5.02 Å². The smallest absolute Gasteiger partial charge is 0.201 e. The Bertz CT molecular complexity index is 619. The first-order valence-electron chi connectivity index (χ1n) is 6.73. The molecular weight excluding hydrogens is 296 g/mol. The molecule has 0 atom stereocenters. The lowest BCUT2D eigenvalue weighted by atomic mass is 10.2. The third kappa shape index (κ3) is 4.16. The molecule has 0 saturated carbocycles. The summed E-state index contributed by atoms with van der Waals surface area (Å²) in [5.74, 6) is -1.87. The maximum atomic E-state index is 13.6. The van der Waals surface area contributed by atoms with E-state index < -0.39 is 11.6 Å². The summed E-state index contributed by atoms with van der Waals surface area (Å²) >= 11 is 6.12. The van der Waals surface area contributed by atoms with Gasteiger partial charge in [-0.15, -0.1) is 0 Å². The predicted octanol–water partition coefficient (Wildman–Crippen LogP) is 4.91. The van der Waals surface area contributed by atoms with E-state index in [4.69, 9.17) is 16.3 Å². The molecule has 0 aliphatic heterocycles. The summed E-state index contributed by atoms with van der Waals surface area (Å²) in [7, 11) is 0. The number of hydrogen-bond donors (Lipinski definition) is 1. The summed E-state index contributed by atoms with van der Waals surface area (Å²) in [4.78, 5) is 0. The highest BCUT2D eigenvalue weighted by Gasteiger charge is 2.11. The van der Waals surface area contributed by atoms with Crippen LogP contribution in [0.3, 0.4) is 0 Å². The van der Waals surface area contributed by atoms with Crippen LogP contribution in [-0.2, 0) is 6.54 Å². The standard InChI is InChI=1S/C16H16ClF2NO/c1-2-8-20-10-11-6-7-14(12(17)9-11)21-15-5-3-4-13(18)16(15)19/h3-7,9,20H,2,8,10H2,1H3. The molecule has 0 aliphatic rings. The number of benzene rings is 2. The van der Waals surface area contributed by atoms with E-state index in [1.165, 1.54) is 12.1 Å². The van der Waals surface area contributed by atoms with Gasteiger partial charge in [-0.1, -0.05) is 30.7 Å². The lowest BCUT2D eigenvalue weighted by Crippen LogP contribution is -2.13. The van der Waals surface area contributed by atoms with Gasteiger partial charge in [0.25, 0.3) is 0 Å². The Kier molecular flexibility index (Phi) is 5.53. The van der Waals surface area contributed by atoms with Gasteiger partial charge in [-0.2, -0.15) is 4.39 Å². The molecule has 112 valence electrons. The van der Waals surface area contributed by atoms with Crippen LogP contribution in [0, 0.1) is 11.6 Å². The number of nitrogens with one attached hydrogen (secondary N) is 1. The molecule has 0 aliphatic carbocycles. The minimum Gasteiger partial charge on any atom is -0.453 e. The third-order valence-electron chi connectivity index (χ3n) is 2.89. The molecule has 2 aromatic carbocycles. The van der Waals surface area contributed by atoms with E-state index in [2.05, 4.69) is 12.2 Å². The van der Waals surface area contributed by atoms with Crippen LogP contribution in [0.1, 0.15) is 18.9 Å². The summed E-state index contributed by atoms with van der Waals surface area (Å²) in [5, 5.41) is 3.61. The Labute approximate surface area is 127 Å². The first-order chi connectivity index (χ1) is 10.1. The minimum atomic E-state index is -1.03. The highest BCUT2D eigenvalue weighted by Crippen LogP contribution is 2.32. The molecule has 5 heteroatoms. The fraction of sp³-hybridized carbons (Fsp3) is 0.250. The summed E-state index contributed by atoms with van der Waals surface area (Å²) in [6.45, 7) is 3.71. The van der Waals surface area contributed by atoms with Crippen molar-refractivity contribution in [3.8, 4) is 11.5 Å². The van der Waals surface area contributed by atoms with Gasteiger partial charge >= 0.3 is 0 Å². The van der Waals surface area contributed by atoms with Gasteiger partial charge in [-0.3, -0.25) is 0 Å². The molecule has 2 rings (SSSR count). The summed E-state index contributed by atoms with van der Waals surface area (Å²) in [6.07, 6.45) is 1.05. The zero-order valence-electron chi connectivity index (χ0n) is 11.6. The molecule has 0 amide bonds. The monoisotopic (exact) mass is 311 g/mol. The molecule has 2 nitrogen and oxygen atoms in total. The Morgan fingerprint density at radius 1 is 1.14 bits per heavy atom. The minimum absolute atomic E-state index is 0.186. The quantitative estimate of drug-likeness (QED) is 0.765. The van der Waals surface area contributed by atoms with Crippen LogP contribution in [0.5, 0.6) is 11.5 Å². The number of halogens is 3. The SMILES string of the molecule is CCCNCc1ccc(Oc2cccc(F)c2F)c(Cl)c1. The van der Waals surface area contributed by atoms with Gasteiger partial charge in [0.2, 0.25) is 5.82 Å². The van der Waals surface area contributed by atoms with Crippen LogP contribution in [0.2, 0.25) is 5.02 Å². The summed E-state index contributed by atoms with van der Waals surface area (Å²) in [6, 6.07) is 9.00. The first-order valence-corrected chi connectivity index (χ1v) is 7.10. The zero-order valence-corrected chi connectivity index (χ0v) is 12.4. The molecule has 0 unspecified atom stereocenters. The molecular formula is C16H16ClF2NO. The van der Waals surface area contributed by atoms with Crippen LogP contribution < -0.4 is 10.1 Å². The van der Waals surface area contributed by atoms with Crippen molar-refractivity contribution in [3.05, 3.63) is 58.6 Å². The van der Waals surface area contributed by atoms with E-state index in [0.717, 1.165) is 24.6 Å². The first kappa shape index (κ1) is 15.7. The van der Waals surface area contributed by atoms with Crippen molar-refractivity contribution >= 4 is 11.6 Å². The van der Waals surface area contributed by atoms with E-state index in [9.17, 15) is 8.78 Å². The van der Waals surface area contributed by atoms with Crippen molar-refractivity contribution in [3.63, 3.8) is 0 Å². The fourth-order valence-electron chi connectivity index (χ4n) is 1.83. The molecule has 0 fully saturated rings. The molecule has 2 aromatic rings. The van der Waals surface area contributed by atoms with E-state index in [1.54, 1.807) is 12.1 Å². The maximum Gasteiger partial charge on any atom is 0.201 e. The molecule has 21 heavy (non-hydrogen) atoms. The lowest BCUT2D eigenvalue weighted by Gasteiger charge is -2.10. The normalized spacial score (nSPS) is 10.7. The second-order valence-electron chi connectivity index (χ2n) is 4.60. The van der Waals surface area contributed by atoms with Gasteiger partial charge in [-0.05, 0) is 42.8 Å². The van der Waals surface area contributed by atoms with Crippen LogP contribution in [0.4, 0.5) is 8.78 Å². The topological polar surface area (TPSA) is 21.3 Å². The molecule has 0 bridgehead atoms. The van der Waals surface area contributed by atoms with Crippen molar-refractivity contribution in [2.75, 3.05) is 6.54 Å². The van der Waals surface area contributed by atoms with Crippen molar-refractivity contribution in [2.24, 2.45) is 0 Å². The fourth-order valence-corrected chi connectivity index (χ4v) is 2.07. The molecule has 0 saturated heterocycles. The Morgan fingerprint density at radius 3 is 2.67 bits per heavy atom. The summed E-state index contributed by atoms with van der Waals surface area (Å²) < 4.78 is 32.0. The number of hydrogen-bond acceptors (Lipinski definition) is 2. The lowest BCUT2D eigenvalue weighted by molar-refractivity contribution is 0.416. The van der Waals surface area contributed by atoms with Crippen LogP contribution in [-0.4, -0.2) is 6.54 Å². The molecule has 0 aromatic heterocycles. The predicted molar refractivity (Wildman–Crippen MR) is 79.9 cm³/mol. The largest absolute Gasteiger partial charge is 0.453 e. The number of rotatable bonds is 6. The van der Waals surface area contributed by atoms with Crippen LogP contribution in [0.15, 0.2) is 36.4 Å². The van der Waals surface area contributed by atoms with E-state index >= 15 is 0 Å². The maximum absolute atomic E-state index is 13.6. The van der Waals surface area contributed by atoms with Gasteiger partial charge < -0.3 is 10.1 Å². The third-order valence-corrected chi connectivity index (χ3v) is 3.18. The molecule has 0 heterocycles. The highest BCUT2D eigenvalue weighted by atomic mass is 35.5. The zero-order chi connectivity index (χ0) is 15.2. The second kappa shape index (κ2) is 7.38. The highest BCUT2D eigenvalue weighted by molar-refractivity contribution is 6.32. The van der Waals surface area contributed by atoms with Crippen molar-refractivity contribution in [1.29, 1.82) is 0 Å². The Hall–Kier alpha value is -1.65. The second-order valence-corrected chi connectivity index (χ2v) is 5.00. The van der Waals surface area contributed by atoms with Crippen LogP contribution >= 0.6 is 11.6 Å². The van der Waals surface area contributed by atoms with E-state index in [0.29, 0.717) is 17.3 Å². The molecule has 0 spiro atoms. The molecule has 1 N–H and O–H groups in total. The van der Waals surface area contributed by atoms with Crippen molar-refractivity contribution in [2.45, 2.75) is 19.9 Å². The summed E-state index contributed by atoms with van der Waals surface area (Å²) in [5.41, 5.74) is 1.00. The van der Waals surface area contributed by atoms with E-state index in [-0.39, 0.29) is 5.75 Å². The van der Waals surface area contributed by atoms with Gasteiger partial charge in [-0.25, -0.2) is 4.39 Å². The van der Waals surface area contributed by atoms with Crippen molar-refractivity contribution in [1.82, 2.24) is 5.32 Å². The van der Waals surface area contributed by atoms with Crippen molar-refractivity contribution < 1.29 is 13.5 Å². The van der Waals surface area contributed by atoms with Crippen LogP contribution in [0.25, 0.3) is 0 Å². The number of ether oxygens (including phenoxy) is 1. The van der Waals surface area contributed by atoms with Gasteiger partial charge in [0, 0.05) is 6.54 Å². The Balaban J connectivity index is 2.12. The average Bonchev–Trinajstić information content (AvgIpc) is 2.47. The van der Waals surface area contributed by atoms with Gasteiger partial charge in [0.15, 0.2) is 11.6 Å². The van der Waals surface area contributed by atoms with E-state index in [1.807, 2.05) is 6.07 Å². The Morgan fingerprint density at radius 2 is 1.95 bits per heavy atom. The molecule has 0 radical (unpaired) electrons.